The molecule has 0 N–H and O–H groups in total. The van der Waals surface area contributed by atoms with Crippen molar-refractivity contribution in [3.8, 4) is 5.75 Å². The molecular formula is C23H28N2O3. The van der Waals surface area contributed by atoms with Crippen LogP contribution in [0.3, 0.4) is 0 Å². The number of hydrogen-bond donors (Lipinski definition) is 0. The summed E-state index contributed by atoms with van der Waals surface area (Å²) >= 11 is 0. The number of benzene rings is 2. The Hall–Kier alpha value is -2.66. The molecule has 1 atom stereocenters. The minimum Gasteiger partial charge on any atom is -0.496 e. The highest BCUT2D eigenvalue weighted by Gasteiger charge is 2.29. The summed E-state index contributed by atoms with van der Waals surface area (Å²) < 4.78 is 5.51. The summed E-state index contributed by atoms with van der Waals surface area (Å²) in [4.78, 5) is 29.1. The van der Waals surface area contributed by atoms with Crippen LogP contribution in [-0.2, 0) is 4.79 Å². The minimum absolute atomic E-state index is 0.0960. The van der Waals surface area contributed by atoms with E-state index in [0.29, 0.717) is 37.9 Å². The summed E-state index contributed by atoms with van der Waals surface area (Å²) in [5.74, 6) is 1.06. The van der Waals surface area contributed by atoms with Crippen LogP contribution in [0.4, 0.5) is 0 Å². The number of ketones is 1. The highest BCUT2D eigenvalue weighted by atomic mass is 16.5. The fraction of sp³-hybridized carbons (Fsp3) is 0.391. The van der Waals surface area contributed by atoms with E-state index < -0.39 is 0 Å². The van der Waals surface area contributed by atoms with E-state index in [-0.39, 0.29) is 17.7 Å². The third-order valence-electron chi connectivity index (χ3n) is 5.39. The highest BCUT2D eigenvalue weighted by Crippen LogP contribution is 2.31. The van der Waals surface area contributed by atoms with E-state index >= 15 is 0 Å². The Morgan fingerprint density at radius 3 is 2.46 bits per heavy atom. The Morgan fingerprint density at radius 2 is 1.71 bits per heavy atom. The second kappa shape index (κ2) is 9.51. The summed E-state index contributed by atoms with van der Waals surface area (Å²) in [6.07, 6.45) is 1.39. The van der Waals surface area contributed by atoms with E-state index in [1.165, 1.54) is 0 Å². The molecule has 0 aliphatic carbocycles. The number of carbonyl (C=O) groups is 2. The molecule has 28 heavy (non-hydrogen) atoms. The average Bonchev–Trinajstić information content (AvgIpc) is 2.74. The number of likely N-dealkylation sites (N-methyl/N-ethyl adjacent to an activating group) is 1. The Kier molecular flexibility index (Phi) is 6.82. The van der Waals surface area contributed by atoms with Crippen molar-refractivity contribution in [1.29, 1.82) is 0 Å². The molecular weight excluding hydrogens is 352 g/mol. The number of para-hydroxylation sites is 1. The molecule has 1 fully saturated rings. The van der Waals surface area contributed by atoms with Crippen LogP contribution in [0, 0.1) is 0 Å². The maximum atomic E-state index is 12.7. The standard InChI is InChI=1S/C23H28N2O3/c1-24-15-16-25(17-20(24)19-11-6-7-13-22(19)28-2)23(27)14-8-12-21(26)18-9-4-3-5-10-18/h3-7,9-11,13,20H,8,12,14-17H2,1-2H3. The average molecular weight is 380 g/mol. The lowest BCUT2D eigenvalue weighted by Gasteiger charge is -2.40. The number of piperazine rings is 1. The Morgan fingerprint density at radius 1 is 1.00 bits per heavy atom. The third kappa shape index (κ3) is 4.78. The lowest BCUT2D eigenvalue weighted by molar-refractivity contribution is -0.134. The van der Waals surface area contributed by atoms with Gasteiger partial charge in [-0.25, -0.2) is 0 Å². The van der Waals surface area contributed by atoms with Gasteiger partial charge in [-0.05, 0) is 19.5 Å². The predicted octanol–water partition coefficient (Wildman–Crippen LogP) is 3.56. The number of nitrogens with zero attached hydrogens (tertiary/aromatic N) is 2. The molecule has 1 saturated heterocycles. The van der Waals surface area contributed by atoms with Crippen molar-refractivity contribution in [2.24, 2.45) is 0 Å². The first kappa shape index (κ1) is 20.1. The van der Waals surface area contributed by atoms with E-state index in [4.69, 9.17) is 4.74 Å². The molecule has 0 aromatic heterocycles. The van der Waals surface area contributed by atoms with Crippen molar-refractivity contribution in [3.05, 3.63) is 65.7 Å². The molecule has 0 bridgehead atoms. The number of rotatable bonds is 7. The van der Waals surface area contributed by atoms with Gasteiger partial charge in [0.05, 0.1) is 13.2 Å². The number of methoxy groups -OCH3 is 1. The van der Waals surface area contributed by atoms with Crippen LogP contribution >= 0.6 is 0 Å². The topological polar surface area (TPSA) is 49.9 Å². The van der Waals surface area contributed by atoms with Crippen LogP contribution in [0.5, 0.6) is 5.75 Å². The van der Waals surface area contributed by atoms with Crippen molar-refractivity contribution in [3.63, 3.8) is 0 Å². The maximum Gasteiger partial charge on any atom is 0.222 e. The molecule has 5 nitrogen and oxygen atoms in total. The first-order chi connectivity index (χ1) is 13.6. The van der Waals surface area contributed by atoms with Crippen LogP contribution in [-0.4, -0.2) is 55.3 Å². The fourth-order valence-electron chi connectivity index (χ4n) is 3.70. The van der Waals surface area contributed by atoms with Crippen molar-refractivity contribution in [2.75, 3.05) is 33.8 Å². The van der Waals surface area contributed by atoms with Gasteiger partial charge >= 0.3 is 0 Å². The van der Waals surface area contributed by atoms with Gasteiger partial charge in [0.15, 0.2) is 5.78 Å². The summed E-state index contributed by atoms with van der Waals surface area (Å²) in [5, 5.41) is 0. The Bertz CT molecular complexity index is 807. The van der Waals surface area contributed by atoms with Gasteiger partial charge in [-0.15, -0.1) is 0 Å². The molecule has 5 heteroatoms. The number of Topliss-reactive ketones (excluding diaryl/α,β-unsaturated/α-hetero) is 1. The van der Waals surface area contributed by atoms with Crippen LogP contribution in [0.15, 0.2) is 54.6 Å². The van der Waals surface area contributed by atoms with Crippen LogP contribution in [0.1, 0.15) is 41.2 Å². The monoisotopic (exact) mass is 380 g/mol. The minimum atomic E-state index is 0.0960. The molecule has 0 radical (unpaired) electrons. The van der Waals surface area contributed by atoms with Gasteiger partial charge in [-0.1, -0.05) is 48.5 Å². The summed E-state index contributed by atoms with van der Waals surface area (Å²) in [5.41, 5.74) is 1.81. The largest absolute Gasteiger partial charge is 0.496 e. The lowest BCUT2D eigenvalue weighted by Crippen LogP contribution is -2.49. The van der Waals surface area contributed by atoms with Crippen LogP contribution in [0.25, 0.3) is 0 Å². The van der Waals surface area contributed by atoms with Gasteiger partial charge in [-0.2, -0.15) is 0 Å². The molecule has 1 heterocycles. The number of amides is 1. The molecule has 148 valence electrons. The Labute approximate surface area is 166 Å². The van der Waals surface area contributed by atoms with Gasteiger partial charge in [0.1, 0.15) is 5.75 Å². The summed E-state index contributed by atoms with van der Waals surface area (Å²) in [6.45, 7) is 2.17. The van der Waals surface area contributed by atoms with Crippen LogP contribution < -0.4 is 4.74 Å². The van der Waals surface area contributed by atoms with Gasteiger partial charge in [0, 0.05) is 43.6 Å². The normalized spacial score (nSPS) is 17.4. The first-order valence-corrected chi connectivity index (χ1v) is 9.79. The number of carbonyl (C=O) groups excluding carboxylic acids is 2. The molecule has 3 rings (SSSR count). The molecule has 1 aliphatic heterocycles. The van der Waals surface area contributed by atoms with Crippen LogP contribution in [0.2, 0.25) is 0 Å². The van der Waals surface area contributed by atoms with E-state index in [1.807, 2.05) is 53.4 Å². The molecule has 0 spiro atoms. The SMILES string of the molecule is COc1ccccc1C1CN(C(=O)CCCC(=O)c2ccccc2)CCN1C. The van der Waals surface area contributed by atoms with E-state index in [0.717, 1.165) is 17.9 Å². The molecule has 1 amide bonds. The van der Waals surface area contributed by atoms with Crippen molar-refractivity contribution in [2.45, 2.75) is 25.3 Å². The smallest absolute Gasteiger partial charge is 0.222 e. The second-order valence-electron chi connectivity index (χ2n) is 7.22. The summed E-state index contributed by atoms with van der Waals surface area (Å²) in [6, 6.07) is 17.4. The molecule has 2 aromatic rings. The quantitative estimate of drug-likeness (QED) is 0.689. The lowest BCUT2D eigenvalue weighted by atomic mass is 10.0. The first-order valence-electron chi connectivity index (χ1n) is 9.79. The van der Waals surface area contributed by atoms with E-state index in [1.54, 1.807) is 7.11 Å². The van der Waals surface area contributed by atoms with Crippen molar-refractivity contribution in [1.82, 2.24) is 9.80 Å². The number of ether oxygens (including phenoxy) is 1. The van der Waals surface area contributed by atoms with E-state index in [9.17, 15) is 9.59 Å². The Balaban J connectivity index is 1.56. The van der Waals surface area contributed by atoms with Crippen molar-refractivity contribution < 1.29 is 14.3 Å². The zero-order chi connectivity index (χ0) is 19.9. The third-order valence-corrected chi connectivity index (χ3v) is 5.39. The van der Waals surface area contributed by atoms with Crippen molar-refractivity contribution >= 4 is 11.7 Å². The molecule has 2 aromatic carbocycles. The van der Waals surface area contributed by atoms with Gasteiger partial charge in [0.25, 0.3) is 0 Å². The highest BCUT2D eigenvalue weighted by molar-refractivity contribution is 5.96. The zero-order valence-electron chi connectivity index (χ0n) is 16.6. The predicted molar refractivity (Wildman–Crippen MR) is 110 cm³/mol. The fourth-order valence-corrected chi connectivity index (χ4v) is 3.70. The van der Waals surface area contributed by atoms with Gasteiger partial charge in [0.2, 0.25) is 5.91 Å². The molecule has 1 unspecified atom stereocenters. The van der Waals surface area contributed by atoms with Gasteiger partial charge in [-0.3, -0.25) is 14.5 Å². The number of hydrogen-bond acceptors (Lipinski definition) is 4. The molecule has 0 saturated carbocycles. The molecule has 1 aliphatic rings. The van der Waals surface area contributed by atoms with Gasteiger partial charge < -0.3 is 9.64 Å². The maximum absolute atomic E-state index is 12.7. The zero-order valence-corrected chi connectivity index (χ0v) is 16.6. The van der Waals surface area contributed by atoms with E-state index in [2.05, 4.69) is 18.0 Å². The second-order valence-corrected chi connectivity index (χ2v) is 7.22. The summed E-state index contributed by atoms with van der Waals surface area (Å²) in [7, 11) is 3.76.